The fraction of sp³-hybridized carbons (Fsp3) is 0.241. The number of benzene rings is 3. The highest BCUT2D eigenvalue weighted by molar-refractivity contribution is 6.46. The molecule has 0 aromatic heterocycles. The molecular formula is C29H28Cl2N2O4. The highest BCUT2D eigenvalue weighted by Crippen LogP contribution is 2.40. The Hall–Kier alpha value is -3.32. The molecule has 192 valence electrons. The number of likely N-dealkylation sites (N-methyl/N-ethyl adjacent to an activating group) is 1. The first-order valence-corrected chi connectivity index (χ1v) is 12.7. The molecule has 1 heterocycles. The number of rotatable bonds is 8. The van der Waals surface area contributed by atoms with E-state index in [1.165, 1.54) is 4.90 Å². The van der Waals surface area contributed by atoms with E-state index in [2.05, 4.69) is 0 Å². The Balaban J connectivity index is 1.72. The van der Waals surface area contributed by atoms with Crippen molar-refractivity contribution < 1.29 is 24.3 Å². The number of hydrogen-bond acceptors (Lipinski definition) is 4. The van der Waals surface area contributed by atoms with Crippen molar-refractivity contribution in [3.8, 4) is 5.75 Å². The van der Waals surface area contributed by atoms with Gasteiger partial charge in [0.1, 0.15) is 12.4 Å². The van der Waals surface area contributed by atoms with Gasteiger partial charge in [-0.1, -0.05) is 71.4 Å². The molecule has 1 unspecified atom stereocenters. The predicted octanol–water partition coefficient (Wildman–Crippen LogP) is 3.25. The molecule has 0 spiro atoms. The number of quaternary nitrogens is 1. The summed E-state index contributed by atoms with van der Waals surface area (Å²) in [5.41, 5.74) is 2.49. The summed E-state index contributed by atoms with van der Waals surface area (Å²) in [7, 11) is 3.91. The lowest BCUT2D eigenvalue weighted by Gasteiger charge is -2.28. The summed E-state index contributed by atoms with van der Waals surface area (Å²) in [4.78, 5) is 28.8. The Labute approximate surface area is 226 Å². The van der Waals surface area contributed by atoms with Gasteiger partial charge < -0.3 is 19.6 Å². The molecule has 0 aliphatic carbocycles. The number of ketones is 1. The molecule has 8 heteroatoms. The molecule has 1 saturated heterocycles. The zero-order valence-electron chi connectivity index (χ0n) is 20.9. The maximum atomic E-state index is 13.8. The number of aryl methyl sites for hydroxylation is 1. The predicted molar refractivity (Wildman–Crippen MR) is 142 cm³/mol. The van der Waals surface area contributed by atoms with Gasteiger partial charge in [-0.2, -0.15) is 0 Å². The number of nitrogens with zero attached hydrogens (tertiary/aromatic N) is 1. The molecule has 6 nitrogen and oxygen atoms in total. The number of likely N-dealkylation sites (tertiary alicyclic amines) is 1. The fourth-order valence-electron chi connectivity index (χ4n) is 4.34. The van der Waals surface area contributed by atoms with Gasteiger partial charge in [0.05, 0.1) is 43.3 Å². The van der Waals surface area contributed by atoms with Gasteiger partial charge in [0.2, 0.25) is 5.78 Å². The minimum atomic E-state index is -0.852. The molecule has 3 aromatic carbocycles. The lowest BCUT2D eigenvalue weighted by molar-refractivity contribution is -0.857. The second-order valence-electron chi connectivity index (χ2n) is 9.35. The molecule has 1 atom stereocenters. The second-order valence-corrected chi connectivity index (χ2v) is 10.2. The summed E-state index contributed by atoms with van der Waals surface area (Å²) in [6.07, 6.45) is 0. The van der Waals surface area contributed by atoms with E-state index in [1.807, 2.05) is 44.4 Å². The molecule has 0 saturated carbocycles. The largest absolute Gasteiger partial charge is 0.872 e. The number of ether oxygens (including phenoxy) is 1. The van der Waals surface area contributed by atoms with Crippen molar-refractivity contribution in [1.29, 1.82) is 0 Å². The Morgan fingerprint density at radius 3 is 2.38 bits per heavy atom. The van der Waals surface area contributed by atoms with Crippen LogP contribution in [0.5, 0.6) is 5.75 Å². The Kier molecular flexibility index (Phi) is 8.22. The van der Waals surface area contributed by atoms with Crippen molar-refractivity contribution in [2.75, 3.05) is 27.2 Å². The van der Waals surface area contributed by atoms with Gasteiger partial charge in [-0.05, 0) is 53.4 Å². The molecule has 0 radical (unpaired) electrons. The van der Waals surface area contributed by atoms with E-state index in [-0.39, 0.29) is 10.6 Å². The smallest absolute Gasteiger partial charge is 0.295 e. The summed E-state index contributed by atoms with van der Waals surface area (Å²) < 4.78 is 5.88. The van der Waals surface area contributed by atoms with Crippen LogP contribution in [0.15, 0.2) is 72.3 Å². The van der Waals surface area contributed by atoms with Crippen LogP contribution in [0, 0.1) is 6.92 Å². The topological polar surface area (TPSA) is 74.1 Å². The SMILES string of the molecule is Cc1cc(OCc2ccccc2)ccc1C([O-])=C1C(=O)C(=O)N(CC[NH+](C)C)C1c1ccc(Cl)c(Cl)c1. The van der Waals surface area contributed by atoms with Crippen LogP contribution < -0.4 is 14.7 Å². The van der Waals surface area contributed by atoms with Gasteiger partial charge in [-0.25, -0.2) is 0 Å². The van der Waals surface area contributed by atoms with E-state index in [4.69, 9.17) is 27.9 Å². The molecule has 0 bridgehead atoms. The molecule has 1 N–H and O–H groups in total. The summed E-state index contributed by atoms with van der Waals surface area (Å²) >= 11 is 12.4. The molecule has 4 rings (SSSR count). The van der Waals surface area contributed by atoms with E-state index in [0.717, 1.165) is 10.5 Å². The minimum absolute atomic E-state index is 0.0850. The summed E-state index contributed by atoms with van der Waals surface area (Å²) in [5, 5.41) is 14.4. The van der Waals surface area contributed by atoms with Crippen LogP contribution in [0.1, 0.15) is 28.3 Å². The van der Waals surface area contributed by atoms with E-state index < -0.39 is 23.5 Å². The highest BCUT2D eigenvalue weighted by Gasteiger charge is 2.44. The van der Waals surface area contributed by atoms with Crippen molar-refractivity contribution in [3.05, 3.63) is 105 Å². The van der Waals surface area contributed by atoms with Crippen LogP contribution in [0.25, 0.3) is 5.76 Å². The van der Waals surface area contributed by atoms with E-state index >= 15 is 0 Å². The lowest BCUT2D eigenvalue weighted by atomic mass is 9.94. The minimum Gasteiger partial charge on any atom is -0.872 e. The molecule has 1 aliphatic heterocycles. The number of carbonyl (C=O) groups is 2. The molecule has 1 aliphatic rings. The average molecular weight is 539 g/mol. The van der Waals surface area contributed by atoms with E-state index in [0.29, 0.717) is 47.2 Å². The normalized spacial score (nSPS) is 17.0. The standard InChI is InChI=1S/C29H28Cl2N2O4/c1-18-15-21(37-17-19-7-5-4-6-8-19)10-11-22(18)27(34)25-26(20-9-12-23(30)24(31)16-20)33(14-13-32(2)3)29(36)28(25)35/h4-12,15-16,26,34H,13-14,17H2,1-3H3. The quantitative estimate of drug-likeness (QED) is 0.271. The van der Waals surface area contributed by atoms with Crippen LogP contribution in [0.4, 0.5) is 0 Å². The van der Waals surface area contributed by atoms with Gasteiger partial charge in [0, 0.05) is 5.57 Å². The number of hydrogen-bond donors (Lipinski definition) is 1. The Bertz CT molecular complexity index is 1360. The van der Waals surface area contributed by atoms with Crippen LogP contribution >= 0.6 is 23.2 Å². The zero-order chi connectivity index (χ0) is 26.7. The maximum absolute atomic E-state index is 13.8. The van der Waals surface area contributed by atoms with Crippen molar-refractivity contribution in [2.24, 2.45) is 0 Å². The van der Waals surface area contributed by atoms with Gasteiger partial charge >= 0.3 is 0 Å². The van der Waals surface area contributed by atoms with Crippen molar-refractivity contribution in [1.82, 2.24) is 4.90 Å². The molecule has 3 aromatic rings. The maximum Gasteiger partial charge on any atom is 0.295 e. The Morgan fingerprint density at radius 2 is 1.73 bits per heavy atom. The van der Waals surface area contributed by atoms with Crippen LogP contribution in [0.2, 0.25) is 10.0 Å². The number of nitrogens with one attached hydrogen (secondary N) is 1. The van der Waals surface area contributed by atoms with Gasteiger partial charge in [-0.3, -0.25) is 9.59 Å². The van der Waals surface area contributed by atoms with E-state index in [1.54, 1.807) is 43.3 Å². The monoisotopic (exact) mass is 538 g/mol. The van der Waals surface area contributed by atoms with Crippen LogP contribution in [-0.4, -0.2) is 43.8 Å². The number of carbonyl (C=O) groups excluding carboxylic acids is 2. The third kappa shape index (κ3) is 5.82. The molecule has 1 amide bonds. The summed E-state index contributed by atoms with van der Waals surface area (Å²) in [6, 6.07) is 18.9. The van der Waals surface area contributed by atoms with Crippen molar-refractivity contribution >= 4 is 40.7 Å². The fourth-order valence-corrected chi connectivity index (χ4v) is 4.65. The van der Waals surface area contributed by atoms with Gasteiger partial charge in [0.15, 0.2) is 0 Å². The Morgan fingerprint density at radius 1 is 1.00 bits per heavy atom. The first kappa shape index (κ1) is 26.7. The average Bonchev–Trinajstić information content (AvgIpc) is 3.13. The number of halogens is 2. The third-order valence-electron chi connectivity index (χ3n) is 6.33. The van der Waals surface area contributed by atoms with Gasteiger partial charge in [0.25, 0.3) is 5.91 Å². The first-order valence-electron chi connectivity index (χ1n) is 12.0. The van der Waals surface area contributed by atoms with Crippen LogP contribution in [-0.2, 0) is 16.2 Å². The number of amides is 1. The van der Waals surface area contributed by atoms with Gasteiger partial charge in [-0.15, -0.1) is 0 Å². The highest BCUT2D eigenvalue weighted by atomic mass is 35.5. The van der Waals surface area contributed by atoms with Crippen LogP contribution in [0.3, 0.4) is 0 Å². The number of Topliss-reactive ketones (excluding diaryl/α,β-unsaturated/α-hetero) is 1. The molecular weight excluding hydrogens is 511 g/mol. The molecule has 1 fully saturated rings. The van der Waals surface area contributed by atoms with E-state index in [9.17, 15) is 14.7 Å². The third-order valence-corrected chi connectivity index (χ3v) is 7.07. The molecule has 37 heavy (non-hydrogen) atoms. The second kappa shape index (κ2) is 11.4. The first-order chi connectivity index (χ1) is 17.7. The summed E-state index contributed by atoms with van der Waals surface area (Å²) in [6.45, 7) is 3.08. The van der Waals surface area contributed by atoms with Crippen molar-refractivity contribution in [2.45, 2.75) is 19.6 Å². The van der Waals surface area contributed by atoms with Crippen molar-refractivity contribution in [3.63, 3.8) is 0 Å². The summed E-state index contributed by atoms with van der Waals surface area (Å²) in [5.74, 6) is -1.37. The zero-order valence-corrected chi connectivity index (χ0v) is 22.4. The lowest BCUT2D eigenvalue weighted by Crippen LogP contribution is -3.06.